The summed E-state index contributed by atoms with van der Waals surface area (Å²) in [5.74, 6) is 1.59. The van der Waals surface area contributed by atoms with E-state index in [9.17, 15) is 0 Å². The summed E-state index contributed by atoms with van der Waals surface area (Å²) in [5.41, 5.74) is 1.68. The second-order valence-corrected chi connectivity index (χ2v) is 3.37. The first-order valence-electron chi connectivity index (χ1n) is 3.69. The van der Waals surface area contributed by atoms with Crippen LogP contribution in [0.3, 0.4) is 0 Å². The third kappa shape index (κ3) is 2.19. The van der Waals surface area contributed by atoms with Gasteiger partial charge in [0, 0.05) is 6.20 Å². The number of aryl methyl sites for hydroxylation is 1. The summed E-state index contributed by atoms with van der Waals surface area (Å²) in [4.78, 5) is 8.33. The molecule has 0 saturated carbocycles. The molecule has 0 spiro atoms. The maximum absolute atomic E-state index is 8.91. The first-order valence-corrected chi connectivity index (χ1v) is 5.08. The first kappa shape index (κ1) is 9.48. The maximum atomic E-state index is 8.91. The summed E-state index contributed by atoms with van der Waals surface area (Å²) < 4.78 is 0. The topological polar surface area (TPSA) is 46.0 Å². The number of aliphatic hydroxyl groups excluding tert-OH is 1. The highest BCUT2D eigenvalue weighted by Crippen LogP contribution is 2.07. The van der Waals surface area contributed by atoms with Crippen molar-refractivity contribution in [3.8, 4) is 0 Å². The minimum absolute atomic E-state index is 0.00423. The SMILES string of the molecule is CSCc1ncc(C)c(CO)n1. The summed E-state index contributed by atoms with van der Waals surface area (Å²) in [6.45, 7) is 1.89. The molecule has 1 aromatic rings. The number of thioether (sulfide) groups is 1. The Labute approximate surface area is 76.2 Å². The van der Waals surface area contributed by atoms with Crippen LogP contribution in [0.5, 0.6) is 0 Å². The van der Waals surface area contributed by atoms with Crippen molar-refractivity contribution in [1.29, 1.82) is 0 Å². The quantitative estimate of drug-likeness (QED) is 0.765. The van der Waals surface area contributed by atoms with Gasteiger partial charge in [-0.2, -0.15) is 11.8 Å². The van der Waals surface area contributed by atoms with Gasteiger partial charge in [0.15, 0.2) is 0 Å². The van der Waals surface area contributed by atoms with Crippen LogP contribution >= 0.6 is 11.8 Å². The summed E-state index contributed by atoms with van der Waals surface area (Å²) in [6, 6.07) is 0. The average molecular weight is 184 g/mol. The highest BCUT2D eigenvalue weighted by atomic mass is 32.2. The number of nitrogens with zero attached hydrogens (tertiary/aromatic N) is 2. The summed E-state index contributed by atoms with van der Waals surface area (Å²) in [5, 5.41) is 8.91. The van der Waals surface area contributed by atoms with Crippen molar-refractivity contribution in [2.24, 2.45) is 0 Å². The monoisotopic (exact) mass is 184 g/mol. The summed E-state index contributed by atoms with van der Waals surface area (Å²) >= 11 is 1.67. The fourth-order valence-electron chi connectivity index (χ4n) is 0.877. The lowest BCUT2D eigenvalue weighted by atomic mass is 10.2. The molecule has 0 aliphatic heterocycles. The van der Waals surface area contributed by atoms with Crippen molar-refractivity contribution < 1.29 is 5.11 Å². The van der Waals surface area contributed by atoms with Gasteiger partial charge in [0.05, 0.1) is 18.1 Å². The predicted octanol–water partition coefficient (Wildman–Crippen LogP) is 1.14. The van der Waals surface area contributed by atoms with Crippen LogP contribution in [0.4, 0.5) is 0 Å². The molecule has 4 heteroatoms. The molecule has 0 amide bonds. The Morgan fingerprint density at radius 2 is 2.33 bits per heavy atom. The zero-order valence-electron chi connectivity index (χ0n) is 7.24. The minimum Gasteiger partial charge on any atom is -0.390 e. The molecule has 12 heavy (non-hydrogen) atoms. The van der Waals surface area contributed by atoms with E-state index >= 15 is 0 Å². The van der Waals surface area contributed by atoms with E-state index in [0.717, 1.165) is 22.8 Å². The van der Waals surface area contributed by atoms with Gasteiger partial charge < -0.3 is 5.11 Å². The third-order valence-corrected chi connectivity index (χ3v) is 2.10. The average Bonchev–Trinajstić information content (AvgIpc) is 2.09. The Balaban J connectivity index is 2.89. The molecule has 0 aromatic carbocycles. The van der Waals surface area contributed by atoms with Crippen LogP contribution in [0.15, 0.2) is 6.20 Å². The van der Waals surface area contributed by atoms with Crippen molar-refractivity contribution in [3.63, 3.8) is 0 Å². The number of rotatable bonds is 3. The molecule has 66 valence electrons. The van der Waals surface area contributed by atoms with E-state index in [2.05, 4.69) is 9.97 Å². The molecule has 1 heterocycles. The molecule has 1 aromatic heterocycles. The summed E-state index contributed by atoms with van der Waals surface area (Å²) in [7, 11) is 0. The van der Waals surface area contributed by atoms with Crippen molar-refractivity contribution in [1.82, 2.24) is 9.97 Å². The number of aliphatic hydroxyl groups is 1. The molecule has 0 atom stereocenters. The highest BCUT2D eigenvalue weighted by Gasteiger charge is 2.01. The van der Waals surface area contributed by atoms with Crippen LogP contribution in [0.25, 0.3) is 0 Å². The van der Waals surface area contributed by atoms with Crippen LogP contribution in [-0.2, 0) is 12.4 Å². The molecule has 0 fully saturated rings. The van der Waals surface area contributed by atoms with Crippen molar-refractivity contribution >= 4 is 11.8 Å². The van der Waals surface area contributed by atoms with Gasteiger partial charge in [0.25, 0.3) is 0 Å². The Hall–Kier alpha value is -0.610. The number of hydrogen-bond acceptors (Lipinski definition) is 4. The zero-order chi connectivity index (χ0) is 8.97. The van der Waals surface area contributed by atoms with E-state index in [1.54, 1.807) is 18.0 Å². The largest absolute Gasteiger partial charge is 0.390 e. The smallest absolute Gasteiger partial charge is 0.138 e. The normalized spacial score (nSPS) is 10.2. The highest BCUT2D eigenvalue weighted by molar-refractivity contribution is 7.97. The Morgan fingerprint density at radius 3 is 2.92 bits per heavy atom. The van der Waals surface area contributed by atoms with Crippen LogP contribution in [-0.4, -0.2) is 21.3 Å². The molecule has 0 radical (unpaired) electrons. The van der Waals surface area contributed by atoms with E-state index in [-0.39, 0.29) is 6.61 Å². The van der Waals surface area contributed by atoms with Crippen LogP contribution in [0, 0.1) is 6.92 Å². The third-order valence-electron chi connectivity index (χ3n) is 1.55. The lowest BCUT2D eigenvalue weighted by Gasteiger charge is -2.02. The van der Waals surface area contributed by atoms with Crippen molar-refractivity contribution in [2.45, 2.75) is 19.3 Å². The van der Waals surface area contributed by atoms with E-state index in [1.807, 2.05) is 13.2 Å². The molecule has 3 nitrogen and oxygen atoms in total. The molecular weight excluding hydrogens is 172 g/mol. The van der Waals surface area contributed by atoms with Gasteiger partial charge in [-0.1, -0.05) is 0 Å². The standard InChI is InChI=1S/C8H12N2OS/c1-6-3-9-8(5-12-2)10-7(6)4-11/h3,11H,4-5H2,1-2H3. The fourth-order valence-corrected chi connectivity index (χ4v) is 1.27. The Morgan fingerprint density at radius 1 is 1.58 bits per heavy atom. The molecule has 1 N–H and O–H groups in total. The van der Waals surface area contributed by atoms with Crippen molar-refractivity contribution in [3.05, 3.63) is 23.3 Å². The molecule has 1 rings (SSSR count). The van der Waals surface area contributed by atoms with Gasteiger partial charge >= 0.3 is 0 Å². The lowest BCUT2D eigenvalue weighted by molar-refractivity contribution is 0.275. The molecule has 0 saturated heterocycles. The zero-order valence-corrected chi connectivity index (χ0v) is 8.06. The number of hydrogen-bond donors (Lipinski definition) is 1. The second-order valence-electron chi connectivity index (χ2n) is 2.51. The molecule has 0 aliphatic carbocycles. The molecular formula is C8H12N2OS. The molecule has 0 bridgehead atoms. The molecule has 0 aliphatic rings. The van der Waals surface area contributed by atoms with Crippen molar-refractivity contribution in [2.75, 3.05) is 6.26 Å². The fraction of sp³-hybridized carbons (Fsp3) is 0.500. The second kappa shape index (κ2) is 4.42. The molecule has 0 unspecified atom stereocenters. The van der Waals surface area contributed by atoms with E-state index in [4.69, 9.17) is 5.11 Å². The van der Waals surface area contributed by atoms with Crippen LogP contribution in [0.1, 0.15) is 17.1 Å². The minimum atomic E-state index is -0.00423. The van der Waals surface area contributed by atoms with Gasteiger partial charge in [-0.3, -0.25) is 0 Å². The van der Waals surface area contributed by atoms with E-state index in [0.29, 0.717) is 0 Å². The lowest BCUT2D eigenvalue weighted by Crippen LogP contribution is -2.00. The van der Waals surface area contributed by atoms with E-state index < -0.39 is 0 Å². The Bertz CT molecular complexity index is 265. The van der Waals surface area contributed by atoms with E-state index in [1.165, 1.54) is 0 Å². The van der Waals surface area contributed by atoms with Gasteiger partial charge in [-0.15, -0.1) is 0 Å². The van der Waals surface area contributed by atoms with Gasteiger partial charge in [-0.05, 0) is 18.7 Å². The van der Waals surface area contributed by atoms with Gasteiger partial charge in [0.1, 0.15) is 5.82 Å². The van der Waals surface area contributed by atoms with Crippen LogP contribution in [0.2, 0.25) is 0 Å². The maximum Gasteiger partial charge on any atom is 0.138 e. The van der Waals surface area contributed by atoms with Gasteiger partial charge in [0.2, 0.25) is 0 Å². The van der Waals surface area contributed by atoms with Crippen LogP contribution < -0.4 is 0 Å². The van der Waals surface area contributed by atoms with Gasteiger partial charge in [-0.25, -0.2) is 9.97 Å². The summed E-state index contributed by atoms with van der Waals surface area (Å²) in [6.07, 6.45) is 3.76. The Kier molecular flexibility index (Phi) is 3.49. The predicted molar refractivity (Wildman–Crippen MR) is 49.9 cm³/mol. The number of aromatic nitrogens is 2. The first-order chi connectivity index (χ1) is 5.77.